The molecule has 4 heteroatoms. The Balaban J connectivity index is 2.39. The van der Waals surface area contributed by atoms with Gasteiger partial charge in [0.15, 0.2) is 0 Å². The molecule has 0 aliphatic rings. The molecule has 0 aliphatic heterocycles. The molecule has 17 heavy (non-hydrogen) atoms. The van der Waals surface area contributed by atoms with Crippen LogP contribution in [0.15, 0.2) is 24.3 Å². The first-order valence-corrected chi connectivity index (χ1v) is 6.01. The molecule has 1 amide bonds. The third-order valence-corrected chi connectivity index (χ3v) is 2.64. The van der Waals surface area contributed by atoms with E-state index in [2.05, 4.69) is 5.32 Å². The molecule has 0 heterocycles. The number of unbranched alkanes of at least 4 members (excludes halogenated alkanes) is 1. The van der Waals surface area contributed by atoms with Gasteiger partial charge in [-0.25, -0.2) is 0 Å². The minimum atomic E-state index is 0.0444. The van der Waals surface area contributed by atoms with Gasteiger partial charge in [-0.3, -0.25) is 4.79 Å². The Morgan fingerprint density at radius 2 is 1.82 bits per heavy atom. The molecule has 0 radical (unpaired) electrons. The summed E-state index contributed by atoms with van der Waals surface area (Å²) in [7, 11) is 0. The number of benzene rings is 1. The molecule has 94 valence electrons. The maximum absolute atomic E-state index is 11.7. The molecule has 0 fully saturated rings. The molecule has 1 aromatic rings. The van der Waals surface area contributed by atoms with Crippen LogP contribution in [0.3, 0.4) is 0 Å². The van der Waals surface area contributed by atoms with Crippen LogP contribution >= 0.6 is 0 Å². The van der Waals surface area contributed by atoms with Crippen molar-refractivity contribution in [3.05, 3.63) is 35.4 Å². The Morgan fingerprint density at radius 1 is 1.12 bits per heavy atom. The molecule has 0 spiro atoms. The summed E-state index contributed by atoms with van der Waals surface area (Å²) < 4.78 is 0. The van der Waals surface area contributed by atoms with Crippen molar-refractivity contribution in [2.75, 3.05) is 13.1 Å². The lowest BCUT2D eigenvalue weighted by Gasteiger charge is -2.08. The van der Waals surface area contributed by atoms with Crippen molar-refractivity contribution in [1.82, 2.24) is 5.32 Å². The first-order chi connectivity index (χ1) is 8.27. The summed E-state index contributed by atoms with van der Waals surface area (Å²) in [6.07, 6.45) is 2.27. The molecule has 0 aromatic heterocycles. The second kappa shape index (κ2) is 7.81. The second-order valence-electron chi connectivity index (χ2n) is 4.00. The summed E-state index contributed by atoms with van der Waals surface area (Å²) in [5, 5.41) is 2.88. The summed E-state index contributed by atoms with van der Waals surface area (Å²) in [5.74, 6) is 0.0444. The van der Waals surface area contributed by atoms with Crippen LogP contribution in [0.2, 0.25) is 0 Å². The SMILES string of the molecule is NCCCCNC(=O)Cc1ccccc1CN. The van der Waals surface area contributed by atoms with E-state index in [-0.39, 0.29) is 5.91 Å². The van der Waals surface area contributed by atoms with Gasteiger partial charge in [-0.15, -0.1) is 0 Å². The van der Waals surface area contributed by atoms with Crippen molar-refractivity contribution in [2.45, 2.75) is 25.8 Å². The maximum Gasteiger partial charge on any atom is 0.224 e. The van der Waals surface area contributed by atoms with Crippen LogP contribution in [0, 0.1) is 0 Å². The average molecular weight is 235 g/mol. The maximum atomic E-state index is 11.7. The Bertz CT molecular complexity index is 352. The number of nitrogens with two attached hydrogens (primary N) is 2. The fraction of sp³-hybridized carbons (Fsp3) is 0.462. The van der Waals surface area contributed by atoms with Crippen molar-refractivity contribution < 1.29 is 4.79 Å². The van der Waals surface area contributed by atoms with Crippen molar-refractivity contribution in [3.63, 3.8) is 0 Å². The molecule has 1 aromatic carbocycles. The van der Waals surface area contributed by atoms with Gasteiger partial charge in [0.2, 0.25) is 5.91 Å². The lowest BCUT2D eigenvalue weighted by Crippen LogP contribution is -2.27. The van der Waals surface area contributed by atoms with Crippen LogP contribution in [0.1, 0.15) is 24.0 Å². The first kappa shape index (κ1) is 13.7. The van der Waals surface area contributed by atoms with Crippen LogP contribution in [-0.2, 0) is 17.8 Å². The number of nitrogens with one attached hydrogen (secondary N) is 1. The highest BCUT2D eigenvalue weighted by atomic mass is 16.1. The summed E-state index contributed by atoms with van der Waals surface area (Å²) in [6.45, 7) is 1.84. The van der Waals surface area contributed by atoms with E-state index in [1.54, 1.807) is 0 Å². The van der Waals surface area contributed by atoms with Crippen LogP contribution in [-0.4, -0.2) is 19.0 Å². The van der Waals surface area contributed by atoms with Crippen LogP contribution in [0.25, 0.3) is 0 Å². The van der Waals surface area contributed by atoms with Crippen molar-refractivity contribution in [1.29, 1.82) is 0 Å². The van der Waals surface area contributed by atoms with Gasteiger partial charge < -0.3 is 16.8 Å². The smallest absolute Gasteiger partial charge is 0.224 e. The second-order valence-corrected chi connectivity index (χ2v) is 4.00. The number of carbonyl (C=O) groups is 1. The zero-order chi connectivity index (χ0) is 12.5. The Labute approximate surface area is 102 Å². The molecule has 0 saturated carbocycles. The predicted octanol–water partition coefficient (Wildman–Crippen LogP) is 0.543. The highest BCUT2D eigenvalue weighted by molar-refractivity contribution is 5.78. The fourth-order valence-electron chi connectivity index (χ4n) is 1.66. The summed E-state index contributed by atoms with van der Waals surface area (Å²) in [6, 6.07) is 7.76. The molecule has 0 unspecified atom stereocenters. The molecule has 4 nitrogen and oxygen atoms in total. The van der Waals surface area contributed by atoms with Gasteiger partial charge in [-0.1, -0.05) is 24.3 Å². The van der Waals surface area contributed by atoms with E-state index in [1.807, 2.05) is 24.3 Å². The average Bonchev–Trinajstić information content (AvgIpc) is 2.35. The van der Waals surface area contributed by atoms with Crippen molar-refractivity contribution >= 4 is 5.91 Å². The Hall–Kier alpha value is -1.39. The molecular formula is C13H21N3O. The molecule has 1 rings (SSSR count). The lowest BCUT2D eigenvalue weighted by atomic mass is 10.0. The molecule has 5 N–H and O–H groups in total. The van der Waals surface area contributed by atoms with E-state index in [0.717, 1.165) is 24.0 Å². The number of hydrogen-bond donors (Lipinski definition) is 3. The van der Waals surface area contributed by atoms with Gasteiger partial charge in [-0.2, -0.15) is 0 Å². The quantitative estimate of drug-likeness (QED) is 0.603. The van der Waals surface area contributed by atoms with Gasteiger partial charge >= 0.3 is 0 Å². The zero-order valence-corrected chi connectivity index (χ0v) is 10.1. The summed E-state index contributed by atoms with van der Waals surface area (Å²) >= 11 is 0. The third-order valence-electron chi connectivity index (χ3n) is 2.64. The van der Waals surface area contributed by atoms with E-state index in [1.165, 1.54) is 0 Å². The van der Waals surface area contributed by atoms with Gasteiger partial charge in [0.05, 0.1) is 6.42 Å². The van der Waals surface area contributed by atoms with Gasteiger partial charge in [0.1, 0.15) is 0 Å². The van der Waals surface area contributed by atoms with E-state index in [4.69, 9.17) is 11.5 Å². The third kappa shape index (κ3) is 4.97. The Morgan fingerprint density at radius 3 is 2.47 bits per heavy atom. The van der Waals surface area contributed by atoms with E-state index in [0.29, 0.717) is 26.1 Å². The van der Waals surface area contributed by atoms with Crippen LogP contribution in [0.5, 0.6) is 0 Å². The largest absolute Gasteiger partial charge is 0.356 e. The number of hydrogen-bond acceptors (Lipinski definition) is 3. The molecule has 0 bridgehead atoms. The number of carbonyl (C=O) groups excluding carboxylic acids is 1. The fourth-order valence-corrected chi connectivity index (χ4v) is 1.66. The zero-order valence-electron chi connectivity index (χ0n) is 10.1. The lowest BCUT2D eigenvalue weighted by molar-refractivity contribution is -0.120. The standard InChI is InChI=1S/C13H21N3O/c14-7-3-4-8-16-13(17)9-11-5-1-2-6-12(11)10-15/h1-2,5-6H,3-4,7-10,14-15H2,(H,16,17). The van der Waals surface area contributed by atoms with Crippen LogP contribution < -0.4 is 16.8 Å². The van der Waals surface area contributed by atoms with Crippen LogP contribution in [0.4, 0.5) is 0 Å². The van der Waals surface area contributed by atoms with E-state index in [9.17, 15) is 4.79 Å². The monoisotopic (exact) mass is 235 g/mol. The van der Waals surface area contributed by atoms with E-state index >= 15 is 0 Å². The highest BCUT2D eigenvalue weighted by Gasteiger charge is 2.05. The molecule has 0 aliphatic carbocycles. The van der Waals surface area contributed by atoms with Crippen molar-refractivity contribution in [3.8, 4) is 0 Å². The molecular weight excluding hydrogens is 214 g/mol. The van der Waals surface area contributed by atoms with Gasteiger partial charge in [0, 0.05) is 13.1 Å². The molecule has 0 atom stereocenters. The normalized spacial score (nSPS) is 10.2. The van der Waals surface area contributed by atoms with Gasteiger partial charge in [-0.05, 0) is 30.5 Å². The van der Waals surface area contributed by atoms with Gasteiger partial charge in [0.25, 0.3) is 0 Å². The topological polar surface area (TPSA) is 81.1 Å². The number of amides is 1. The predicted molar refractivity (Wildman–Crippen MR) is 69.3 cm³/mol. The summed E-state index contributed by atoms with van der Waals surface area (Å²) in [5.41, 5.74) is 13.0. The summed E-state index contributed by atoms with van der Waals surface area (Å²) in [4.78, 5) is 11.7. The molecule has 0 saturated heterocycles. The number of rotatable bonds is 7. The Kier molecular flexibility index (Phi) is 6.29. The minimum Gasteiger partial charge on any atom is -0.356 e. The first-order valence-electron chi connectivity index (χ1n) is 6.01. The minimum absolute atomic E-state index is 0.0444. The van der Waals surface area contributed by atoms with E-state index < -0.39 is 0 Å². The highest BCUT2D eigenvalue weighted by Crippen LogP contribution is 2.08. The van der Waals surface area contributed by atoms with Crippen molar-refractivity contribution in [2.24, 2.45) is 11.5 Å².